The zero-order valence-electron chi connectivity index (χ0n) is 10.0. The van der Waals surface area contributed by atoms with Gasteiger partial charge < -0.3 is 9.73 Å². The third-order valence-electron chi connectivity index (χ3n) is 2.47. The van der Waals surface area contributed by atoms with E-state index in [1.54, 1.807) is 30.5 Å². The standard InChI is InChI=1S/C12H8BrN5O2/c13-10-4-3-9(20-10)12(19)17-8-2-1-5-15-11(8)18-7-14-6-16-18/h1-7H,(H,17,19). The van der Waals surface area contributed by atoms with Gasteiger partial charge in [0.15, 0.2) is 16.2 Å². The van der Waals surface area contributed by atoms with Crippen molar-refractivity contribution in [1.82, 2.24) is 19.7 Å². The van der Waals surface area contributed by atoms with Gasteiger partial charge in [0.2, 0.25) is 0 Å². The highest BCUT2D eigenvalue weighted by Gasteiger charge is 2.14. The second-order valence-electron chi connectivity index (χ2n) is 3.77. The van der Waals surface area contributed by atoms with Gasteiger partial charge >= 0.3 is 0 Å². The molecule has 20 heavy (non-hydrogen) atoms. The molecule has 3 aromatic heterocycles. The van der Waals surface area contributed by atoms with Crippen LogP contribution in [0.1, 0.15) is 10.6 Å². The van der Waals surface area contributed by atoms with Crippen LogP contribution in [0, 0.1) is 0 Å². The summed E-state index contributed by atoms with van der Waals surface area (Å²) in [4.78, 5) is 20.1. The first-order valence-corrected chi connectivity index (χ1v) is 6.40. The number of furan rings is 1. The molecule has 1 amide bonds. The maximum absolute atomic E-state index is 12.1. The first-order valence-electron chi connectivity index (χ1n) is 5.61. The lowest BCUT2D eigenvalue weighted by atomic mass is 10.3. The molecule has 1 N–H and O–H groups in total. The Balaban J connectivity index is 1.90. The van der Waals surface area contributed by atoms with E-state index in [9.17, 15) is 4.79 Å². The molecule has 0 radical (unpaired) electrons. The van der Waals surface area contributed by atoms with E-state index in [1.165, 1.54) is 17.3 Å². The van der Waals surface area contributed by atoms with E-state index < -0.39 is 0 Å². The summed E-state index contributed by atoms with van der Waals surface area (Å²) in [6, 6.07) is 6.66. The molecule has 0 aromatic carbocycles. The van der Waals surface area contributed by atoms with Crippen molar-refractivity contribution in [3.8, 4) is 5.82 Å². The maximum Gasteiger partial charge on any atom is 0.291 e. The van der Waals surface area contributed by atoms with E-state index in [0.29, 0.717) is 16.2 Å². The number of carbonyl (C=O) groups excluding carboxylic acids is 1. The average molecular weight is 334 g/mol. The summed E-state index contributed by atoms with van der Waals surface area (Å²) in [5, 5.41) is 6.72. The molecule has 0 aliphatic heterocycles. The minimum atomic E-state index is -0.370. The Morgan fingerprint density at radius 1 is 1.35 bits per heavy atom. The molecule has 0 atom stereocenters. The summed E-state index contributed by atoms with van der Waals surface area (Å²) in [7, 11) is 0. The topological polar surface area (TPSA) is 85.8 Å². The zero-order valence-corrected chi connectivity index (χ0v) is 11.6. The third kappa shape index (κ3) is 2.45. The number of amides is 1. The van der Waals surface area contributed by atoms with Gasteiger partial charge in [-0.25, -0.2) is 14.6 Å². The first kappa shape index (κ1) is 12.5. The van der Waals surface area contributed by atoms with Gasteiger partial charge in [-0.2, -0.15) is 5.10 Å². The molecule has 0 saturated carbocycles. The van der Waals surface area contributed by atoms with Crippen LogP contribution in [0.3, 0.4) is 0 Å². The molecule has 0 saturated heterocycles. The molecule has 3 heterocycles. The number of nitrogens with one attached hydrogen (secondary N) is 1. The van der Waals surface area contributed by atoms with Crippen molar-refractivity contribution in [2.75, 3.05) is 5.32 Å². The van der Waals surface area contributed by atoms with Crippen molar-refractivity contribution >= 4 is 27.5 Å². The van der Waals surface area contributed by atoms with E-state index in [0.717, 1.165) is 0 Å². The SMILES string of the molecule is O=C(Nc1cccnc1-n1cncn1)c1ccc(Br)o1. The fourth-order valence-corrected chi connectivity index (χ4v) is 1.92. The number of hydrogen-bond donors (Lipinski definition) is 1. The molecule has 3 rings (SSSR count). The van der Waals surface area contributed by atoms with Crippen molar-refractivity contribution < 1.29 is 9.21 Å². The Morgan fingerprint density at radius 2 is 2.25 bits per heavy atom. The van der Waals surface area contributed by atoms with Crippen molar-refractivity contribution in [3.05, 3.63) is 53.5 Å². The van der Waals surface area contributed by atoms with E-state index >= 15 is 0 Å². The van der Waals surface area contributed by atoms with Crippen LogP contribution >= 0.6 is 15.9 Å². The van der Waals surface area contributed by atoms with Gasteiger partial charge in [0.1, 0.15) is 12.7 Å². The zero-order chi connectivity index (χ0) is 13.9. The van der Waals surface area contributed by atoms with Gasteiger partial charge in [0, 0.05) is 6.20 Å². The molecule has 3 aromatic rings. The van der Waals surface area contributed by atoms with Gasteiger partial charge in [0.25, 0.3) is 5.91 Å². The fourth-order valence-electron chi connectivity index (χ4n) is 1.61. The van der Waals surface area contributed by atoms with E-state index in [4.69, 9.17) is 4.42 Å². The normalized spacial score (nSPS) is 10.4. The lowest BCUT2D eigenvalue weighted by molar-refractivity contribution is 0.0995. The third-order valence-corrected chi connectivity index (χ3v) is 2.89. The van der Waals surface area contributed by atoms with Crippen LogP contribution in [0.25, 0.3) is 5.82 Å². The largest absolute Gasteiger partial charge is 0.444 e. The number of anilines is 1. The summed E-state index contributed by atoms with van der Waals surface area (Å²) >= 11 is 3.15. The fraction of sp³-hybridized carbons (Fsp3) is 0. The second kappa shape index (κ2) is 5.25. The molecule has 0 aliphatic rings. The Kier molecular flexibility index (Phi) is 3.30. The average Bonchev–Trinajstić information content (AvgIpc) is 3.10. The highest BCUT2D eigenvalue weighted by molar-refractivity contribution is 9.10. The number of nitrogens with zero attached hydrogens (tertiary/aromatic N) is 4. The number of carbonyl (C=O) groups is 1. The Morgan fingerprint density at radius 3 is 2.95 bits per heavy atom. The molecule has 100 valence electrons. The lowest BCUT2D eigenvalue weighted by Crippen LogP contribution is -2.14. The van der Waals surface area contributed by atoms with Crippen molar-refractivity contribution in [1.29, 1.82) is 0 Å². The molecule has 8 heteroatoms. The molecular formula is C12H8BrN5O2. The lowest BCUT2D eigenvalue weighted by Gasteiger charge is -2.08. The summed E-state index contributed by atoms with van der Waals surface area (Å²) in [5.41, 5.74) is 0.510. The van der Waals surface area contributed by atoms with Crippen LogP contribution in [0.15, 0.2) is 52.2 Å². The summed E-state index contributed by atoms with van der Waals surface area (Å²) in [5.74, 6) is 0.305. The Bertz CT molecular complexity index is 738. The number of pyridine rings is 1. The Labute approximate surface area is 121 Å². The van der Waals surface area contributed by atoms with Gasteiger partial charge in [-0.1, -0.05) is 0 Å². The van der Waals surface area contributed by atoms with Crippen LogP contribution in [-0.2, 0) is 0 Å². The number of halogens is 1. The molecule has 0 unspecified atom stereocenters. The first-order chi connectivity index (χ1) is 9.74. The molecule has 7 nitrogen and oxygen atoms in total. The smallest absolute Gasteiger partial charge is 0.291 e. The maximum atomic E-state index is 12.1. The molecular weight excluding hydrogens is 326 g/mol. The van der Waals surface area contributed by atoms with Gasteiger partial charge in [-0.05, 0) is 40.2 Å². The number of rotatable bonds is 3. The number of hydrogen-bond acceptors (Lipinski definition) is 5. The highest BCUT2D eigenvalue weighted by Crippen LogP contribution is 2.19. The molecule has 0 fully saturated rings. The predicted octanol–water partition coefficient (Wildman–Crippen LogP) is 2.27. The minimum Gasteiger partial charge on any atom is -0.444 e. The van der Waals surface area contributed by atoms with Crippen LogP contribution in [-0.4, -0.2) is 25.7 Å². The monoisotopic (exact) mass is 333 g/mol. The van der Waals surface area contributed by atoms with Crippen LogP contribution in [0.5, 0.6) is 0 Å². The van der Waals surface area contributed by atoms with Gasteiger partial charge in [-0.3, -0.25) is 4.79 Å². The van der Waals surface area contributed by atoms with E-state index in [-0.39, 0.29) is 11.7 Å². The van der Waals surface area contributed by atoms with Gasteiger partial charge in [0.05, 0.1) is 5.69 Å². The van der Waals surface area contributed by atoms with E-state index in [2.05, 4.69) is 36.3 Å². The second-order valence-corrected chi connectivity index (χ2v) is 4.55. The summed E-state index contributed by atoms with van der Waals surface area (Å²) in [6.07, 6.45) is 4.50. The predicted molar refractivity (Wildman–Crippen MR) is 73.5 cm³/mol. The van der Waals surface area contributed by atoms with Gasteiger partial charge in [-0.15, -0.1) is 0 Å². The van der Waals surface area contributed by atoms with E-state index in [1.807, 2.05) is 0 Å². The molecule has 0 aliphatic carbocycles. The molecule has 0 spiro atoms. The number of aromatic nitrogens is 4. The highest BCUT2D eigenvalue weighted by atomic mass is 79.9. The van der Waals surface area contributed by atoms with Crippen LogP contribution in [0.4, 0.5) is 5.69 Å². The van der Waals surface area contributed by atoms with Crippen LogP contribution in [0.2, 0.25) is 0 Å². The molecule has 0 bridgehead atoms. The van der Waals surface area contributed by atoms with Crippen LogP contribution < -0.4 is 5.32 Å². The van der Waals surface area contributed by atoms with Crippen molar-refractivity contribution in [2.45, 2.75) is 0 Å². The summed E-state index contributed by atoms with van der Waals surface area (Å²) < 4.78 is 7.15. The van der Waals surface area contributed by atoms with Crippen molar-refractivity contribution in [2.24, 2.45) is 0 Å². The van der Waals surface area contributed by atoms with Crippen molar-refractivity contribution in [3.63, 3.8) is 0 Å². The summed E-state index contributed by atoms with van der Waals surface area (Å²) in [6.45, 7) is 0. The Hall–Kier alpha value is -2.48. The quantitative estimate of drug-likeness (QED) is 0.794. The minimum absolute atomic E-state index is 0.199.